The molecule has 1 aromatic rings. The molecule has 0 heterocycles. The molecule has 1 saturated carbocycles. The van der Waals surface area contributed by atoms with Crippen LogP contribution in [0.4, 0.5) is 5.69 Å². The van der Waals surface area contributed by atoms with Gasteiger partial charge in [-0.1, -0.05) is 45.2 Å². The first-order chi connectivity index (χ1) is 9.19. The Bertz CT molecular complexity index is 410. The average molecular weight is 259 g/mol. The summed E-state index contributed by atoms with van der Waals surface area (Å²) < 4.78 is 0. The summed E-state index contributed by atoms with van der Waals surface area (Å²) in [5, 5.41) is 3.06. The van der Waals surface area contributed by atoms with Crippen molar-refractivity contribution in [2.24, 2.45) is 11.8 Å². The van der Waals surface area contributed by atoms with Gasteiger partial charge in [-0.2, -0.15) is 0 Å². The molecule has 2 nitrogen and oxygen atoms in total. The fourth-order valence-electron chi connectivity index (χ4n) is 2.96. The maximum atomic E-state index is 12.2. The van der Waals surface area contributed by atoms with E-state index in [2.05, 4.69) is 31.3 Å². The van der Waals surface area contributed by atoms with Gasteiger partial charge in [0.2, 0.25) is 5.91 Å². The SMILES string of the molecule is CCCc1ccc(NC(=O)[C@H]2CCCC(C)C2)cc1. The number of carbonyl (C=O) groups excluding carboxylic acids is 1. The van der Waals surface area contributed by atoms with Crippen molar-refractivity contribution in [3.05, 3.63) is 29.8 Å². The van der Waals surface area contributed by atoms with Crippen molar-refractivity contribution in [3.63, 3.8) is 0 Å². The minimum atomic E-state index is 0.204. The first-order valence-corrected chi connectivity index (χ1v) is 7.59. The number of hydrogen-bond donors (Lipinski definition) is 1. The number of anilines is 1. The van der Waals surface area contributed by atoms with Gasteiger partial charge in [0.05, 0.1) is 0 Å². The minimum Gasteiger partial charge on any atom is -0.326 e. The van der Waals surface area contributed by atoms with Gasteiger partial charge >= 0.3 is 0 Å². The molecule has 0 bridgehead atoms. The first kappa shape index (κ1) is 14.1. The lowest BCUT2D eigenvalue weighted by molar-refractivity contribution is -0.121. The minimum absolute atomic E-state index is 0.204. The molecule has 0 aliphatic heterocycles. The highest BCUT2D eigenvalue weighted by Gasteiger charge is 2.24. The number of benzene rings is 1. The molecular weight excluding hydrogens is 234 g/mol. The van der Waals surface area contributed by atoms with Gasteiger partial charge in [-0.3, -0.25) is 4.79 Å². The lowest BCUT2D eigenvalue weighted by Gasteiger charge is -2.25. The van der Waals surface area contributed by atoms with E-state index >= 15 is 0 Å². The summed E-state index contributed by atoms with van der Waals surface area (Å²) in [5.41, 5.74) is 2.27. The molecule has 2 atom stereocenters. The molecule has 0 radical (unpaired) electrons. The molecule has 1 aliphatic carbocycles. The Morgan fingerprint density at radius 2 is 2.00 bits per heavy atom. The summed E-state index contributed by atoms with van der Waals surface area (Å²) in [7, 11) is 0. The van der Waals surface area contributed by atoms with E-state index in [4.69, 9.17) is 0 Å². The van der Waals surface area contributed by atoms with E-state index in [-0.39, 0.29) is 11.8 Å². The summed E-state index contributed by atoms with van der Waals surface area (Å²) in [5.74, 6) is 1.10. The predicted molar refractivity (Wildman–Crippen MR) is 80.2 cm³/mol. The molecule has 104 valence electrons. The highest BCUT2D eigenvalue weighted by atomic mass is 16.1. The molecule has 0 spiro atoms. The van der Waals surface area contributed by atoms with Crippen molar-refractivity contribution in [2.75, 3.05) is 5.32 Å². The maximum Gasteiger partial charge on any atom is 0.227 e. The van der Waals surface area contributed by atoms with E-state index in [1.54, 1.807) is 0 Å². The number of rotatable bonds is 4. The summed E-state index contributed by atoms with van der Waals surface area (Å²) in [6, 6.07) is 8.27. The average Bonchev–Trinajstić information content (AvgIpc) is 2.41. The van der Waals surface area contributed by atoms with Crippen LogP contribution in [-0.4, -0.2) is 5.91 Å². The van der Waals surface area contributed by atoms with E-state index in [0.717, 1.165) is 31.4 Å². The van der Waals surface area contributed by atoms with Crippen LogP contribution < -0.4 is 5.32 Å². The molecule has 1 unspecified atom stereocenters. The Labute approximate surface area is 116 Å². The Hall–Kier alpha value is -1.31. The van der Waals surface area contributed by atoms with Crippen molar-refractivity contribution in [2.45, 2.75) is 52.4 Å². The van der Waals surface area contributed by atoms with Gasteiger partial charge < -0.3 is 5.32 Å². The van der Waals surface area contributed by atoms with Gasteiger partial charge in [0.15, 0.2) is 0 Å². The number of hydrogen-bond acceptors (Lipinski definition) is 1. The van der Waals surface area contributed by atoms with Crippen LogP contribution in [0.5, 0.6) is 0 Å². The second-order valence-corrected chi connectivity index (χ2v) is 5.90. The summed E-state index contributed by atoms with van der Waals surface area (Å²) >= 11 is 0. The Balaban J connectivity index is 1.90. The zero-order valence-electron chi connectivity index (χ0n) is 12.1. The third kappa shape index (κ3) is 4.09. The van der Waals surface area contributed by atoms with Crippen LogP contribution in [-0.2, 0) is 11.2 Å². The standard InChI is InChI=1S/C17H25NO/c1-3-5-14-8-10-16(11-9-14)18-17(19)15-7-4-6-13(2)12-15/h8-11,13,15H,3-7,12H2,1-2H3,(H,18,19)/t13?,15-/m0/s1. The smallest absolute Gasteiger partial charge is 0.227 e. The lowest BCUT2D eigenvalue weighted by Crippen LogP contribution is -2.27. The van der Waals surface area contributed by atoms with E-state index in [0.29, 0.717) is 5.92 Å². The number of nitrogens with one attached hydrogen (secondary N) is 1. The molecule has 0 aromatic heterocycles. The van der Waals surface area contributed by atoms with Crippen molar-refractivity contribution in [1.29, 1.82) is 0 Å². The maximum absolute atomic E-state index is 12.2. The molecular formula is C17H25NO. The van der Waals surface area contributed by atoms with Crippen LogP contribution in [0, 0.1) is 11.8 Å². The normalized spacial score (nSPS) is 23.1. The van der Waals surface area contributed by atoms with Gasteiger partial charge in [-0.15, -0.1) is 0 Å². The molecule has 2 rings (SSSR count). The topological polar surface area (TPSA) is 29.1 Å². The van der Waals surface area contributed by atoms with Crippen LogP contribution in [0.3, 0.4) is 0 Å². The van der Waals surface area contributed by atoms with Crippen LogP contribution in [0.2, 0.25) is 0 Å². The molecule has 1 N–H and O–H groups in total. The molecule has 2 heteroatoms. The van der Waals surface area contributed by atoms with Crippen molar-refractivity contribution < 1.29 is 4.79 Å². The van der Waals surface area contributed by atoms with E-state index in [9.17, 15) is 4.79 Å². The lowest BCUT2D eigenvalue weighted by atomic mass is 9.82. The zero-order chi connectivity index (χ0) is 13.7. The van der Waals surface area contributed by atoms with Crippen molar-refractivity contribution >= 4 is 11.6 Å². The predicted octanol–water partition coefficient (Wildman–Crippen LogP) is 4.40. The Morgan fingerprint density at radius 1 is 1.26 bits per heavy atom. The van der Waals surface area contributed by atoms with Crippen LogP contribution >= 0.6 is 0 Å². The number of carbonyl (C=O) groups is 1. The van der Waals surface area contributed by atoms with Gasteiger partial charge in [-0.05, 0) is 42.9 Å². The van der Waals surface area contributed by atoms with E-state index in [1.807, 2.05) is 12.1 Å². The fraction of sp³-hybridized carbons (Fsp3) is 0.588. The highest BCUT2D eigenvalue weighted by molar-refractivity contribution is 5.92. The van der Waals surface area contributed by atoms with Crippen LogP contribution in [0.15, 0.2) is 24.3 Å². The molecule has 0 saturated heterocycles. The van der Waals surface area contributed by atoms with Gasteiger partial charge in [0, 0.05) is 11.6 Å². The highest BCUT2D eigenvalue weighted by Crippen LogP contribution is 2.29. The summed E-state index contributed by atoms with van der Waals surface area (Å²) in [4.78, 5) is 12.2. The third-order valence-electron chi connectivity index (χ3n) is 4.07. The van der Waals surface area contributed by atoms with E-state index < -0.39 is 0 Å². The van der Waals surface area contributed by atoms with Crippen LogP contribution in [0.25, 0.3) is 0 Å². The fourth-order valence-corrected chi connectivity index (χ4v) is 2.96. The van der Waals surface area contributed by atoms with Crippen molar-refractivity contribution in [3.8, 4) is 0 Å². The molecule has 1 fully saturated rings. The summed E-state index contributed by atoms with van der Waals surface area (Å²) in [6.07, 6.45) is 6.81. The summed E-state index contributed by atoms with van der Waals surface area (Å²) in [6.45, 7) is 4.43. The van der Waals surface area contributed by atoms with Gasteiger partial charge in [0.25, 0.3) is 0 Å². The molecule has 1 aliphatic rings. The van der Waals surface area contributed by atoms with E-state index in [1.165, 1.54) is 18.4 Å². The molecule has 1 aromatic carbocycles. The molecule has 1 amide bonds. The number of amides is 1. The molecule has 19 heavy (non-hydrogen) atoms. The van der Waals surface area contributed by atoms with Crippen molar-refractivity contribution in [1.82, 2.24) is 0 Å². The largest absolute Gasteiger partial charge is 0.326 e. The van der Waals surface area contributed by atoms with Gasteiger partial charge in [0.1, 0.15) is 0 Å². The quantitative estimate of drug-likeness (QED) is 0.853. The van der Waals surface area contributed by atoms with Gasteiger partial charge in [-0.25, -0.2) is 0 Å². The zero-order valence-corrected chi connectivity index (χ0v) is 12.1. The Morgan fingerprint density at radius 3 is 2.63 bits per heavy atom. The second kappa shape index (κ2) is 6.74. The monoisotopic (exact) mass is 259 g/mol. The third-order valence-corrected chi connectivity index (χ3v) is 4.07. The Kier molecular flexibility index (Phi) is 5.00. The second-order valence-electron chi connectivity index (χ2n) is 5.90. The number of aryl methyl sites for hydroxylation is 1. The first-order valence-electron chi connectivity index (χ1n) is 7.59. The van der Waals surface area contributed by atoms with Crippen LogP contribution in [0.1, 0.15) is 51.5 Å².